The molecule has 2 aromatic rings. The van der Waals surface area contributed by atoms with Crippen molar-refractivity contribution in [2.24, 2.45) is 0 Å². The average Bonchev–Trinajstić information content (AvgIpc) is 3.00. The van der Waals surface area contributed by atoms with Crippen molar-refractivity contribution in [1.82, 2.24) is 9.71 Å². The van der Waals surface area contributed by atoms with E-state index in [2.05, 4.69) is 15.0 Å². The minimum atomic E-state index is -3.62. The Kier molecular flexibility index (Phi) is 5.33. The predicted molar refractivity (Wildman–Crippen MR) is 86.1 cm³/mol. The molecule has 0 aromatic carbocycles. The van der Waals surface area contributed by atoms with Gasteiger partial charge >= 0.3 is 0 Å². The van der Waals surface area contributed by atoms with Crippen LogP contribution < -0.4 is 10.0 Å². The summed E-state index contributed by atoms with van der Waals surface area (Å²) in [6, 6.07) is 5.31. The smallest absolute Gasteiger partial charge is 0.244 e. The number of aromatic nitrogens is 1. The van der Waals surface area contributed by atoms with Gasteiger partial charge in [0.25, 0.3) is 0 Å². The summed E-state index contributed by atoms with van der Waals surface area (Å²) < 4.78 is 28.0. The first-order valence-electron chi connectivity index (χ1n) is 6.82. The zero-order valence-corrected chi connectivity index (χ0v) is 13.7. The van der Waals surface area contributed by atoms with Crippen molar-refractivity contribution in [3.8, 4) is 0 Å². The second-order valence-corrected chi connectivity index (χ2v) is 7.16. The molecule has 0 spiro atoms. The van der Waals surface area contributed by atoms with Gasteiger partial charge in [0, 0.05) is 23.8 Å². The highest BCUT2D eigenvalue weighted by Crippen LogP contribution is 2.26. The lowest BCUT2D eigenvalue weighted by molar-refractivity contribution is 0.553. The fraction of sp³-hybridized carbons (Fsp3) is 0.357. The summed E-state index contributed by atoms with van der Waals surface area (Å²) in [6.07, 6.45) is 3.64. The minimum Gasteiger partial charge on any atom is -0.384 e. The summed E-state index contributed by atoms with van der Waals surface area (Å²) in [6.45, 7) is 4.53. The molecule has 2 heterocycles. The van der Waals surface area contributed by atoms with Crippen LogP contribution in [0.5, 0.6) is 0 Å². The topological polar surface area (TPSA) is 71.1 Å². The van der Waals surface area contributed by atoms with Crippen LogP contribution >= 0.6 is 11.3 Å². The third-order valence-electron chi connectivity index (χ3n) is 3.03. The van der Waals surface area contributed by atoms with Crippen molar-refractivity contribution in [1.29, 1.82) is 0 Å². The Morgan fingerprint density at radius 3 is 2.76 bits per heavy atom. The van der Waals surface area contributed by atoms with E-state index in [1.54, 1.807) is 23.6 Å². The normalized spacial score (nSPS) is 13.0. The van der Waals surface area contributed by atoms with Crippen molar-refractivity contribution in [2.75, 3.05) is 11.9 Å². The lowest BCUT2D eigenvalue weighted by Crippen LogP contribution is -2.28. The van der Waals surface area contributed by atoms with Crippen molar-refractivity contribution in [2.45, 2.75) is 31.2 Å². The number of hydrogen-bond donors (Lipinski definition) is 2. The van der Waals surface area contributed by atoms with Crippen LogP contribution in [-0.4, -0.2) is 19.9 Å². The number of rotatable bonds is 7. The summed E-state index contributed by atoms with van der Waals surface area (Å²) in [5, 5.41) is 5.00. The largest absolute Gasteiger partial charge is 0.384 e. The average molecular weight is 325 g/mol. The molecule has 0 aliphatic heterocycles. The molecule has 0 amide bonds. The molecule has 1 unspecified atom stereocenters. The Balaban J connectivity index is 2.30. The van der Waals surface area contributed by atoms with Crippen LogP contribution in [-0.2, 0) is 10.0 Å². The van der Waals surface area contributed by atoms with Gasteiger partial charge < -0.3 is 5.32 Å². The maximum Gasteiger partial charge on any atom is 0.244 e. The molecule has 2 N–H and O–H groups in total. The van der Waals surface area contributed by atoms with E-state index in [1.165, 1.54) is 6.20 Å². The number of nitrogens with zero attached hydrogens (tertiary/aromatic N) is 1. The molecule has 7 heteroatoms. The van der Waals surface area contributed by atoms with Gasteiger partial charge in [-0.15, -0.1) is 11.3 Å². The van der Waals surface area contributed by atoms with Crippen LogP contribution in [0.25, 0.3) is 0 Å². The molecule has 2 rings (SSSR count). The van der Waals surface area contributed by atoms with Crippen LogP contribution in [0.1, 0.15) is 31.2 Å². The van der Waals surface area contributed by atoms with Crippen LogP contribution in [0.4, 0.5) is 5.69 Å². The van der Waals surface area contributed by atoms with Gasteiger partial charge in [0.05, 0.1) is 11.7 Å². The monoisotopic (exact) mass is 325 g/mol. The second kappa shape index (κ2) is 7.02. The van der Waals surface area contributed by atoms with Crippen LogP contribution in [0.3, 0.4) is 0 Å². The van der Waals surface area contributed by atoms with Crippen molar-refractivity contribution in [3.05, 3.63) is 40.8 Å². The molecule has 0 radical (unpaired) electrons. The molecule has 0 aliphatic carbocycles. The summed E-state index contributed by atoms with van der Waals surface area (Å²) in [7, 11) is -3.62. The SMILES string of the molecule is CCNc1ccncc1S(=O)(=O)NC(CC)c1cccs1. The molecule has 114 valence electrons. The number of thiophene rings is 1. The highest BCUT2D eigenvalue weighted by atomic mass is 32.2. The van der Waals surface area contributed by atoms with E-state index in [0.717, 1.165) is 4.88 Å². The lowest BCUT2D eigenvalue weighted by atomic mass is 10.2. The predicted octanol–water partition coefficient (Wildman–Crippen LogP) is 3.00. The third-order valence-corrected chi connectivity index (χ3v) is 5.52. The Labute approximate surface area is 129 Å². The number of anilines is 1. The van der Waals surface area contributed by atoms with E-state index < -0.39 is 10.0 Å². The van der Waals surface area contributed by atoms with Crippen LogP contribution in [0, 0.1) is 0 Å². The van der Waals surface area contributed by atoms with E-state index >= 15 is 0 Å². The van der Waals surface area contributed by atoms with E-state index in [4.69, 9.17) is 0 Å². The zero-order valence-electron chi connectivity index (χ0n) is 12.0. The maximum absolute atomic E-state index is 12.6. The molecular weight excluding hydrogens is 306 g/mol. The summed E-state index contributed by atoms with van der Waals surface area (Å²) >= 11 is 1.55. The van der Waals surface area contributed by atoms with Gasteiger partial charge in [-0.2, -0.15) is 0 Å². The Morgan fingerprint density at radius 2 is 2.14 bits per heavy atom. The molecular formula is C14H19N3O2S2. The quantitative estimate of drug-likeness (QED) is 0.821. The van der Waals surface area contributed by atoms with Crippen LogP contribution in [0.2, 0.25) is 0 Å². The third kappa shape index (κ3) is 3.81. The summed E-state index contributed by atoms with van der Waals surface area (Å²) in [4.78, 5) is 5.12. The molecule has 5 nitrogen and oxygen atoms in total. The van der Waals surface area contributed by atoms with Gasteiger partial charge in [0.15, 0.2) is 0 Å². The standard InChI is InChI=1S/C14H19N3O2S2/c1-3-11(13-6-5-9-20-13)17-21(18,19)14-10-15-8-7-12(14)16-4-2/h5-11,17H,3-4H2,1-2H3,(H,15,16). The van der Waals surface area contributed by atoms with Crippen molar-refractivity contribution < 1.29 is 8.42 Å². The van der Waals surface area contributed by atoms with E-state index in [-0.39, 0.29) is 10.9 Å². The first kappa shape index (κ1) is 15.9. The highest BCUT2D eigenvalue weighted by Gasteiger charge is 2.23. The number of pyridine rings is 1. The molecule has 1 atom stereocenters. The Hall–Kier alpha value is -1.44. The van der Waals surface area contributed by atoms with Gasteiger partial charge in [-0.25, -0.2) is 13.1 Å². The molecule has 0 aliphatic rings. The molecule has 0 fully saturated rings. The summed E-state index contributed by atoms with van der Waals surface area (Å²) in [5.74, 6) is 0. The zero-order chi connectivity index (χ0) is 15.3. The van der Waals surface area contributed by atoms with Gasteiger partial charge in [-0.3, -0.25) is 4.98 Å². The molecule has 0 saturated heterocycles. The molecule has 2 aromatic heterocycles. The number of sulfonamides is 1. The van der Waals surface area contributed by atoms with Crippen LogP contribution in [0.15, 0.2) is 40.9 Å². The number of hydrogen-bond acceptors (Lipinski definition) is 5. The first-order valence-corrected chi connectivity index (χ1v) is 9.18. The van der Waals surface area contributed by atoms with Crippen molar-refractivity contribution >= 4 is 27.0 Å². The van der Waals surface area contributed by atoms with E-state index in [1.807, 2.05) is 31.4 Å². The lowest BCUT2D eigenvalue weighted by Gasteiger charge is -2.17. The summed E-state index contributed by atoms with van der Waals surface area (Å²) in [5.41, 5.74) is 0.570. The number of nitrogens with one attached hydrogen (secondary N) is 2. The van der Waals surface area contributed by atoms with E-state index in [9.17, 15) is 8.42 Å². The van der Waals surface area contributed by atoms with Gasteiger partial charge in [-0.1, -0.05) is 13.0 Å². The van der Waals surface area contributed by atoms with E-state index in [0.29, 0.717) is 18.7 Å². The minimum absolute atomic E-state index is 0.182. The Bertz CT molecular complexity index is 669. The molecule has 0 saturated carbocycles. The van der Waals surface area contributed by atoms with Gasteiger partial charge in [0.2, 0.25) is 10.0 Å². The molecule has 0 bridgehead atoms. The second-order valence-electron chi connectivity index (χ2n) is 4.50. The molecule has 21 heavy (non-hydrogen) atoms. The fourth-order valence-electron chi connectivity index (χ4n) is 2.01. The maximum atomic E-state index is 12.6. The van der Waals surface area contributed by atoms with Gasteiger partial charge in [-0.05, 0) is 30.9 Å². The highest BCUT2D eigenvalue weighted by molar-refractivity contribution is 7.89. The first-order chi connectivity index (χ1) is 10.1. The fourth-order valence-corrected chi connectivity index (χ4v) is 4.37. The van der Waals surface area contributed by atoms with Crippen molar-refractivity contribution in [3.63, 3.8) is 0 Å². The van der Waals surface area contributed by atoms with Gasteiger partial charge in [0.1, 0.15) is 4.90 Å². The Morgan fingerprint density at radius 1 is 1.33 bits per heavy atom.